The summed E-state index contributed by atoms with van der Waals surface area (Å²) in [5, 5.41) is 15.1. The van der Waals surface area contributed by atoms with Crippen molar-refractivity contribution in [1.82, 2.24) is 15.0 Å². The summed E-state index contributed by atoms with van der Waals surface area (Å²) < 4.78 is 39.8. The average molecular weight is 326 g/mol. The van der Waals surface area contributed by atoms with E-state index in [0.29, 0.717) is 5.69 Å². The summed E-state index contributed by atoms with van der Waals surface area (Å²) in [4.78, 5) is 0. The van der Waals surface area contributed by atoms with Crippen LogP contribution in [0.5, 0.6) is 0 Å². The minimum Gasteiger partial charge on any atom is -0.396 e. The third-order valence-electron chi connectivity index (χ3n) is 2.51. The molecule has 0 unspecified atom stereocenters. The molecule has 9 heteroatoms. The van der Waals surface area contributed by atoms with Crippen molar-refractivity contribution in [3.63, 3.8) is 0 Å². The van der Waals surface area contributed by atoms with E-state index in [9.17, 15) is 13.2 Å². The molecule has 2 aromatic rings. The Morgan fingerprint density at radius 1 is 1.25 bits per heavy atom. The van der Waals surface area contributed by atoms with Gasteiger partial charge in [-0.05, 0) is 12.1 Å². The molecule has 1 heterocycles. The van der Waals surface area contributed by atoms with Crippen molar-refractivity contribution in [2.24, 2.45) is 0 Å². The summed E-state index contributed by atoms with van der Waals surface area (Å²) >= 11 is 11.3. The van der Waals surface area contributed by atoms with E-state index in [-0.39, 0.29) is 18.7 Å². The van der Waals surface area contributed by atoms with Gasteiger partial charge in [0, 0.05) is 13.0 Å². The van der Waals surface area contributed by atoms with Gasteiger partial charge in [-0.3, -0.25) is 0 Å². The largest absolute Gasteiger partial charge is 0.419 e. The maximum Gasteiger partial charge on any atom is 0.419 e. The average Bonchev–Trinajstić information content (AvgIpc) is 2.76. The molecule has 0 aliphatic carbocycles. The van der Waals surface area contributed by atoms with E-state index in [1.165, 1.54) is 12.3 Å². The van der Waals surface area contributed by atoms with E-state index in [1.54, 1.807) is 0 Å². The molecule has 20 heavy (non-hydrogen) atoms. The van der Waals surface area contributed by atoms with Crippen LogP contribution < -0.4 is 0 Å². The van der Waals surface area contributed by atoms with Gasteiger partial charge in [0.15, 0.2) is 0 Å². The molecule has 2 rings (SSSR count). The van der Waals surface area contributed by atoms with Crippen molar-refractivity contribution in [1.29, 1.82) is 0 Å². The predicted octanol–water partition coefficient (Wildman–Crippen LogP) is 3.13. The quantitative estimate of drug-likeness (QED) is 0.943. The van der Waals surface area contributed by atoms with E-state index >= 15 is 0 Å². The Bertz CT molecular complexity index is 628. The van der Waals surface area contributed by atoms with Crippen molar-refractivity contribution >= 4 is 23.2 Å². The van der Waals surface area contributed by atoms with Gasteiger partial charge in [0.1, 0.15) is 0 Å². The maximum absolute atomic E-state index is 12.9. The molecule has 1 N–H and O–H groups in total. The summed E-state index contributed by atoms with van der Waals surface area (Å²) in [5.74, 6) is 0. The van der Waals surface area contributed by atoms with E-state index in [0.717, 1.165) is 10.7 Å². The lowest BCUT2D eigenvalue weighted by atomic mass is 10.2. The number of hydrogen-bond acceptors (Lipinski definition) is 3. The topological polar surface area (TPSA) is 50.9 Å². The number of aliphatic hydroxyl groups is 1. The molecule has 0 amide bonds. The monoisotopic (exact) mass is 325 g/mol. The molecule has 0 spiro atoms. The third kappa shape index (κ3) is 2.89. The molecule has 4 nitrogen and oxygen atoms in total. The first kappa shape index (κ1) is 15.1. The van der Waals surface area contributed by atoms with Crippen LogP contribution in [0.4, 0.5) is 13.2 Å². The van der Waals surface area contributed by atoms with E-state index in [2.05, 4.69) is 10.3 Å². The molecule has 0 aliphatic rings. The Hall–Kier alpha value is -1.31. The van der Waals surface area contributed by atoms with Crippen LogP contribution in [0.25, 0.3) is 5.69 Å². The van der Waals surface area contributed by atoms with Crippen molar-refractivity contribution in [3.05, 3.63) is 39.6 Å². The van der Waals surface area contributed by atoms with Crippen LogP contribution in [0.2, 0.25) is 10.0 Å². The molecule has 0 aliphatic heterocycles. The first-order valence-corrected chi connectivity index (χ1v) is 6.18. The highest BCUT2D eigenvalue weighted by molar-refractivity contribution is 6.37. The number of aromatic nitrogens is 3. The van der Waals surface area contributed by atoms with Crippen molar-refractivity contribution < 1.29 is 18.3 Å². The van der Waals surface area contributed by atoms with Crippen LogP contribution in [0.1, 0.15) is 11.3 Å². The third-order valence-corrected chi connectivity index (χ3v) is 3.21. The van der Waals surface area contributed by atoms with E-state index in [4.69, 9.17) is 28.3 Å². The van der Waals surface area contributed by atoms with Gasteiger partial charge in [0.05, 0.1) is 33.2 Å². The van der Waals surface area contributed by atoms with Crippen molar-refractivity contribution in [2.45, 2.75) is 12.6 Å². The van der Waals surface area contributed by atoms with Gasteiger partial charge in [0.2, 0.25) is 0 Å². The predicted molar refractivity (Wildman–Crippen MR) is 67.2 cm³/mol. The number of alkyl halides is 3. The van der Waals surface area contributed by atoms with Gasteiger partial charge >= 0.3 is 6.18 Å². The minimum absolute atomic E-state index is 0.0140. The van der Waals surface area contributed by atoms with Crippen LogP contribution in [-0.4, -0.2) is 26.7 Å². The van der Waals surface area contributed by atoms with Crippen molar-refractivity contribution in [3.8, 4) is 5.69 Å². The summed E-state index contributed by atoms with van der Waals surface area (Å²) in [6, 6.07) is 2.41. The lowest BCUT2D eigenvalue weighted by molar-refractivity contribution is -0.137. The van der Waals surface area contributed by atoms with Gasteiger partial charge < -0.3 is 5.11 Å². The molecule has 0 atom stereocenters. The van der Waals surface area contributed by atoms with Crippen molar-refractivity contribution in [2.75, 3.05) is 6.61 Å². The van der Waals surface area contributed by atoms with Crippen LogP contribution in [0.15, 0.2) is 18.3 Å². The standard InChI is InChI=1S/C11H8Cl2F3N3O/c12-7-1-2-8(10(13)9(7)11(14,15)16)19-5-6(3-4-20)17-18-19/h1-2,5,20H,3-4H2. The Labute approximate surface area is 121 Å². The Kier molecular flexibility index (Phi) is 4.22. The first-order chi connectivity index (χ1) is 9.34. The Morgan fingerprint density at radius 2 is 1.95 bits per heavy atom. The van der Waals surface area contributed by atoms with Crippen LogP contribution in [0.3, 0.4) is 0 Å². The molecular weight excluding hydrogens is 318 g/mol. The lowest BCUT2D eigenvalue weighted by Crippen LogP contribution is -2.09. The fraction of sp³-hybridized carbons (Fsp3) is 0.273. The second-order valence-electron chi connectivity index (χ2n) is 3.88. The summed E-state index contributed by atoms with van der Waals surface area (Å²) in [7, 11) is 0. The highest BCUT2D eigenvalue weighted by Gasteiger charge is 2.37. The molecule has 0 saturated carbocycles. The van der Waals surface area contributed by atoms with Gasteiger partial charge in [0.25, 0.3) is 0 Å². The molecule has 0 fully saturated rings. The fourth-order valence-corrected chi connectivity index (χ4v) is 2.30. The second kappa shape index (κ2) is 5.59. The smallest absolute Gasteiger partial charge is 0.396 e. The summed E-state index contributed by atoms with van der Waals surface area (Å²) in [6.07, 6.45) is -3.03. The highest BCUT2D eigenvalue weighted by atomic mass is 35.5. The summed E-state index contributed by atoms with van der Waals surface area (Å²) in [5.41, 5.74) is -0.662. The molecule has 108 valence electrons. The number of halogens is 5. The zero-order valence-electron chi connectivity index (χ0n) is 9.82. The lowest BCUT2D eigenvalue weighted by Gasteiger charge is -2.13. The van der Waals surface area contributed by atoms with Gasteiger partial charge in [-0.2, -0.15) is 13.2 Å². The van der Waals surface area contributed by atoms with Crippen LogP contribution in [0, 0.1) is 0 Å². The molecule has 0 saturated heterocycles. The molecule has 1 aromatic carbocycles. The van der Waals surface area contributed by atoms with Gasteiger partial charge in [-0.25, -0.2) is 4.68 Å². The normalized spacial score (nSPS) is 11.9. The van der Waals surface area contributed by atoms with Crippen LogP contribution >= 0.6 is 23.2 Å². The van der Waals surface area contributed by atoms with E-state index in [1.807, 2.05) is 0 Å². The maximum atomic E-state index is 12.9. The molecule has 0 radical (unpaired) electrons. The van der Waals surface area contributed by atoms with Gasteiger partial charge in [-0.1, -0.05) is 28.4 Å². The van der Waals surface area contributed by atoms with E-state index < -0.39 is 21.8 Å². The second-order valence-corrected chi connectivity index (χ2v) is 4.67. The number of benzene rings is 1. The Morgan fingerprint density at radius 3 is 2.55 bits per heavy atom. The summed E-state index contributed by atoms with van der Waals surface area (Å²) in [6.45, 7) is -0.138. The SMILES string of the molecule is OCCc1cn(-c2ccc(Cl)c(C(F)(F)F)c2Cl)nn1. The number of rotatable bonds is 3. The first-order valence-electron chi connectivity index (χ1n) is 5.42. The fourth-order valence-electron chi connectivity index (χ4n) is 1.62. The molecule has 0 bridgehead atoms. The minimum atomic E-state index is -4.67. The zero-order valence-corrected chi connectivity index (χ0v) is 11.3. The van der Waals surface area contributed by atoms with Gasteiger partial charge in [-0.15, -0.1) is 5.10 Å². The number of nitrogens with zero attached hydrogens (tertiary/aromatic N) is 3. The number of aliphatic hydroxyl groups excluding tert-OH is 1. The number of hydrogen-bond donors (Lipinski definition) is 1. The molecule has 1 aromatic heterocycles. The highest BCUT2D eigenvalue weighted by Crippen LogP contribution is 2.41. The zero-order chi connectivity index (χ0) is 14.9. The van der Waals surface area contributed by atoms with Crippen LogP contribution in [-0.2, 0) is 12.6 Å². The molecular formula is C11H8Cl2F3N3O. The Balaban J connectivity index is 2.52.